The molecule has 0 aliphatic carbocycles. The minimum Gasteiger partial charge on any atom is -0.297 e. The lowest BCUT2D eigenvalue weighted by Crippen LogP contribution is -2.53. The molecule has 0 spiro atoms. The van der Waals surface area contributed by atoms with Crippen LogP contribution in [0.25, 0.3) is 0 Å². The largest absolute Gasteiger partial charge is 0.297 e. The molecule has 1 heterocycles. The molecule has 0 aromatic heterocycles. The van der Waals surface area contributed by atoms with Crippen molar-refractivity contribution in [3.8, 4) is 0 Å². The van der Waals surface area contributed by atoms with E-state index in [1.807, 2.05) is 49.4 Å². The van der Waals surface area contributed by atoms with Gasteiger partial charge < -0.3 is 0 Å². The Morgan fingerprint density at radius 1 is 0.778 bits per heavy atom. The van der Waals surface area contributed by atoms with Crippen molar-refractivity contribution in [2.24, 2.45) is 0 Å². The molecular weight excluding hydrogens is 470 g/mol. The first kappa shape index (κ1) is 23.7. The molecular formula is C31H24ClNO3. The number of benzene rings is 4. The third kappa shape index (κ3) is 4.48. The highest BCUT2D eigenvalue weighted by Gasteiger charge is 2.45. The maximum absolute atomic E-state index is 14.0. The van der Waals surface area contributed by atoms with Gasteiger partial charge in [-0.05, 0) is 42.8 Å². The summed E-state index contributed by atoms with van der Waals surface area (Å²) >= 11 is 6.12. The number of nitrogens with zero attached hydrogens (tertiary/aromatic N) is 1. The predicted octanol–water partition coefficient (Wildman–Crippen LogP) is 6.92. The second kappa shape index (κ2) is 9.92. The fraction of sp³-hybridized carbons (Fsp3) is 0.129. The summed E-state index contributed by atoms with van der Waals surface area (Å²) < 4.78 is 0. The Hall–Kier alpha value is -4.02. The van der Waals surface area contributed by atoms with E-state index in [0.29, 0.717) is 33.0 Å². The molecule has 2 atom stereocenters. The number of carbonyl (C=O) groups is 3. The summed E-state index contributed by atoms with van der Waals surface area (Å²) in [4.78, 5) is 42.9. The number of carbonyl (C=O) groups excluding carboxylic acids is 3. The van der Waals surface area contributed by atoms with Crippen LogP contribution >= 0.6 is 11.6 Å². The van der Waals surface area contributed by atoms with Gasteiger partial charge in [-0.25, -0.2) is 0 Å². The van der Waals surface area contributed by atoms with Gasteiger partial charge >= 0.3 is 0 Å². The molecule has 0 saturated carbocycles. The molecule has 36 heavy (non-hydrogen) atoms. The van der Waals surface area contributed by atoms with Crippen LogP contribution in [0.15, 0.2) is 103 Å². The summed E-state index contributed by atoms with van der Waals surface area (Å²) in [6.45, 7) is 1.97. The van der Waals surface area contributed by atoms with Gasteiger partial charge in [-0.1, -0.05) is 90.0 Å². The molecule has 0 fully saturated rings. The molecule has 1 amide bonds. The number of rotatable bonds is 6. The van der Waals surface area contributed by atoms with Crippen molar-refractivity contribution in [2.75, 3.05) is 4.90 Å². The molecule has 1 aliphatic rings. The number of hydrogen-bond acceptors (Lipinski definition) is 3. The minimum atomic E-state index is -0.898. The van der Waals surface area contributed by atoms with Crippen LogP contribution in [0.2, 0.25) is 5.02 Å². The summed E-state index contributed by atoms with van der Waals surface area (Å²) in [5, 5.41) is 0.528. The van der Waals surface area contributed by atoms with E-state index in [4.69, 9.17) is 11.6 Å². The van der Waals surface area contributed by atoms with Crippen LogP contribution in [0, 0.1) is 6.92 Å². The number of aryl methyl sites for hydroxylation is 1. The van der Waals surface area contributed by atoms with E-state index in [0.717, 1.165) is 5.56 Å². The fourth-order valence-electron chi connectivity index (χ4n) is 4.85. The Morgan fingerprint density at radius 2 is 1.42 bits per heavy atom. The molecule has 0 N–H and O–H groups in total. The number of Topliss-reactive ketones (excluding diaryl/α,β-unsaturated/α-hetero) is 2. The Labute approximate surface area is 215 Å². The summed E-state index contributed by atoms with van der Waals surface area (Å²) in [5.41, 5.74) is 3.89. The highest BCUT2D eigenvalue weighted by Crippen LogP contribution is 2.40. The van der Waals surface area contributed by atoms with E-state index in [1.165, 1.54) is 4.90 Å². The van der Waals surface area contributed by atoms with Gasteiger partial charge in [0.2, 0.25) is 0 Å². The number of anilines is 1. The van der Waals surface area contributed by atoms with Crippen LogP contribution in [0.4, 0.5) is 5.69 Å². The van der Waals surface area contributed by atoms with Crippen LogP contribution in [-0.4, -0.2) is 23.5 Å². The summed E-state index contributed by atoms with van der Waals surface area (Å²) in [6, 6.07) is 29.6. The standard InChI is InChI=1S/C31H24ClNO3/c1-20-11-13-21(14-12-20)28(34)19-27-25-9-5-6-10-26(25)31(36)33(24-17-15-23(32)16-18-24)29(27)30(35)22-7-3-2-4-8-22/h2-18,27,29H,19H2,1H3/t27-,29-/m0/s1. The first-order valence-corrected chi connectivity index (χ1v) is 12.2. The first-order valence-electron chi connectivity index (χ1n) is 11.8. The van der Waals surface area contributed by atoms with Gasteiger partial charge in [-0.3, -0.25) is 19.3 Å². The van der Waals surface area contributed by atoms with Crippen molar-refractivity contribution in [3.63, 3.8) is 0 Å². The minimum absolute atomic E-state index is 0.0777. The molecule has 0 bridgehead atoms. The molecule has 0 saturated heterocycles. The Kier molecular flexibility index (Phi) is 6.53. The van der Waals surface area contributed by atoms with E-state index in [-0.39, 0.29) is 23.9 Å². The van der Waals surface area contributed by atoms with Crippen molar-refractivity contribution in [1.29, 1.82) is 0 Å². The topological polar surface area (TPSA) is 54.5 Å². The second-order valence-electron chi connectivity index (χ2n) is 9.01. The lowest BCUT2D eigenvalue weighted by atomic mass is 9.76. The summed E-state index contributed by atoms with van der Waals surface area (Å²) in [7, 11) is 0. The van der Waals surface area contributed by atoms with Gasteiger partial charge in [0, 0.05) is 39.7 Å². The van der Waals surface area contributed by atoms with Crippen molar-refractivity contribution >= 4 is 34.8 Å². The van der Waals surface area contributed by atoms with E-state index in [9.17, 15) is 14.4 Å². The SMILES string of the molecule is Cc1ccc(C(=O)C[C@H]2c3ccccc3C(=O)N(c3ccc(Cl)cc3)[C@@H]2C(=O)c2ccccc2)cc1. The van der Waals surface area contributed by atoms with E-state index in [2.05, 4.69) is 0 Å². The molecule has 5 rings (SSSR count). The highest BCUT2D eigenvalue weighted by atomic mass is 35.5. The molecule has 5 heteroatoms. The Balaban J connectivity index is 1.66. The fourth-order valence-corrected chi connectivity index (χ4v) is 4.98. The number of ketones is 2. The molecule has 0 radical (unpaired) electrons. The predicted molar refractivity (Wildman–Crippen MR) is 142 cm³/mol. The third-order valence-electron chi connectivity index (χ3n) is 6.68. The monoisotopic (exact) mass is 493 g/mol. The number of hydrogen-bond donors (Lipinski definition) is 0. The van der Waals surface area contributed by atoms with Gasteiger partial charge in [0.1, 0.15) is 6.04 Å². The van der Waals surface area contributed by atoms with Gasteiger partial charge in [-0.15, -0.1) is 0 Å². The van der Waals surface area contributed by atoms with E-state index >= 15 is 0 Å². The van der Waals surface area contributed by atoms with Crippen LogP contribution in [0.3, 0.4) is 0 Å². The number of halogens is 1. The molecule has 0 unspecified atom stereocenters. The van der Waals surface area contributed by atoms with Crippen molar-refractivity contribution in [2.45, 2.75) is 25.3 Å². The van der Waals surface area contributed by atoms with Crippen LogP contribution in [0.5, 0.6) is 0 Å². The molecule has 4 nitrogen and oxygen atoms in total. The molecule has 1 aliphatic heterocycles. The highest BCUT2D eigenvalue weighted by molar-refractivity contribution is 6.30. The maximum atomic E-state index is 14.0. The molecule has 4 aromatic carbocycles. The Bertz CT molecular complexity index is 1430. The lowest BCUT2D eigenvalue weighted by molar-refractivity contribution is 0.0850. The lowest BCUT2D eigenvalue weighted by Gasteiger charge is -2.41. The Morgan fingerprint density at radius 3 is 2.11 bits per heavy atom. The van der Waals surface area contributed by atoms with Gasteiger partial charge in [0.15, 0.2) is 11.6 Å². The smallest absolute Gasteiger partial charge is 0.259 e. The van der Waals surface area contributed by atoms with Crippen LogP contribution in [-0.2, 0) is 0 Å². The summed E-state index contributed by atoms with van der Waals surface area (Å²) in [5.74, 6) is -1.10. The molecule has 178 valence electrons. The average molecular weight is 494 g/mol. The zero-order valence-corrected chi connectivity index (χ0v) is 20.5. The quantitative estimate of drug-likeness (QED) is 0.274. The average Bonchev–Trinajstić information content (AvgIpc) is 2.91. The van der Waals surface area contributed by atoms with Gasteiger partial charge in [-0.2, -0.15) is 0 Å². The van der Waals surface area contributed by atoms with Crippen molar-refractivity contribution < 1.29 is 14.4 Å². The third-order valence-corrected chi connectivity index (χ3v) is 6.93. The maximum Gasteiger partial charge on any atom is 0.259 e. The first-order chi connectivity index (χ1) is 17.4. The van der Waals surface area contributed by atoms with Crippen molar-refractivity contribution in [1.82, 2.24) is 0 Å². The number of fused-ring (bicyclic) bond motifs is 1. The van der Waals surface area contributed by atoms with E-state index in [1.54, 1.807) is 60.7 Å². The molecule has 4 aromatic rings. The van der Waals surface area contributed by atoms with Crippen molar-refractivity contribution in [3.05, 3.63) is 136 Å². The van der Waals surface area contributed by atoms with Crippen LogP contribution in [0.1, 0.15) is 54.5 Å². The number of amides is 1. The zero-order valence-electron chi connectivity index (χ0n) is 19.7. The second-order valence-corrected chi connectivity index (χ2v) is 9.45. The van der Waals surface area contributed by atoms with E-state index < -0.39 is 12.0 Å². The zero-order chi connectivity index (χ0) is 25.2. The van der Waals surface area contributed by atoms with Crippen LogP contribution < -0.4 is 4.90 Å². The normalized spacial score (nSPS) is 16.9. The summed E-state index contributed by atoms with van der Waals surface area (Å²) in [6.07, 6.45) is 0.0840. The van der Waals surface area contributed by atoms with Gasteiger partial charge in [0.25, 0.3) is 5.91 Å². The van der Waals surface area contributed by atoms with Gasteiger partial charge in [0.05, 0.1) is 0 Å².